The summed E-state index contributed by atoms with van der Waals surface area (Å²) in [7, 11) is 5.74. The van der Waals surface area contributed by atoms with Crippen molar-refractivity contribution in [2.45, 2.75) is 12.8 Å². The van der Waals surface area contributed by atoms with E-state index in [0.717, 1.165) is 29.7 Å². The Balaban J connectivity index is 2.38. The van der Waals surface area contributed by atoms with Gasteiger partial charge in [-0.2, -0.15) is 5.10 Å². The van der Waals surface area contributed by atoms with Crippen LogP contribution in [0.1, 0.15) is 22.5 Å². The lowest BCUT2D eigenvalue weighted by Gasteiger charge is -2.16. The van der Waals surface area contributed by atoms with Crippen molar-refractivity contribution in [3.63, 3.8) is 0 Å². The van der Waals surface area contributed by atoms with E-state index >= 15 is 0 Å². The molecule has 1 aromatic heterocycles. The molecule has 1 aromatic rings. The van der Waals surface area contributed by atoms with E-state index in [-0.39, 0.29) is 5.78 Å². The lowest BCUT2D eigenvalue weighted by atomic mass is 9.92. The summed E-state index contributed by atoms with van der Waals surface area (Å²) in [5.41, 5.74) is 2.69. The molecular weight excluding hydrogens is 190 g/mol. The third kappa shape index (κ3) is 1.67. The van der Waals surface area contributed by atoms with E-state index in [1.165, 1.54) is 0 Å². The van der Waals surface area contributed by atoms with Crippen LogP contribution >= 0.6 is 0 Å². The number of ketones is 1. The van der Waals surface area contributed by atoms with E-state index in [2.05, 4.69) is 5.10 Å². The molecular formula is C11H15N3O. The van der Waals surface area contributed by atoms with Crippen LogP contribution in [0.2, 0.25) is 0 Å². The van der Waals surface area contributed by atoms with Crippen LogP contribution in [0.3, 0.4) is 0 Å². The first kappa shape index (κ1) is 9.96. The first-order chi connectivity index (χ1) is 7.09. The van der Waals surface area contributed by atoms with Gasteiger partial charge < -0.3 is 4.90 Å². The zero-order valence-electron chi connectivity index (χ0n) is 9.32. The molecule has 0 aliphatic heterocycles. The van der Waals surface area contributed by atoms with Crippen LogP contribution in [-0.4, -0.2) is 34.6 Å². The van der Waals surface area contributed by atoms with E-state index in [9.17, 15) is 4.79 Å². The number of nitrogens with zero attached hydrogens (tertiary/aromatic N) is 3. The Hall–Kier alpha value is -1.58. The highest BCUT2D eigenvalue weighted by atomic mass is 16.1. The fourth-order valence-electron chi connectivity index (χ4n) is 1.92. The molecule has 0 atom stereocenters. The number of hydrogen-bond acceptors (Lipinski definition) is 3. The molecule has 4 heteroatoms. The van der Waals surface area contributed by atoms with Crippen LogP contribution in [0.4, 0.5) is 0 Å². The Kier molecular flexibility index (Phi) is 2.34. The second-order valence-electron chi connectivity index (χ2n) is 4.08. The molecule has 2 rings (SSSR count). The highest BCUT2D eigenvalue weighted by molar-refractivity contribution is 6.10. The van der Waals surface area contributed by atoms with Crippen LogP contribution in [0.5, 0.6) is 0 Å². The molecule has 15 heavy (non-hydrogen) atoms. The van der Waals surface area contributed by atoms with Crippen molar-refractivity contribution in [1.29, 1.82) is 0 Å². The normalized spacial score (nSPS) is 18.1. The minimum Gasteiger partial charge on any atom is -0.383 e. The molecule has 0 unspecified atom stereocenters. The quantitative estimate of drug-likeness (QED) is 0.642. The van der Waals surface area contributed by atoms with Crippen LogP contribution in [0.25, 0.3) is 0 Å². The monoisotopic (exact) mass is 205 g/mol. The van der Waals surface area contributed by atoms with Crippen LogP contribution < -0.4 is 0 Å². The molecule has 4 nitrogen and oxygen atoms in total. The second kappa shape index (κ2) is 3.53. The highest BCUT2D eigenvalue weighted by Crippen LogP contribution is 2.24. The van der Waals surface area contributed by atoms with E-state index in [0.29, 0.717) is 0 Å². The number of aromatic nitrogens is 2. The number of carbonyl (C=O) groups excluding carboxylic acids is 1. The minimum absolute atomic E-state index is 0.123. The van der Waals surface area contributed by atoms with Crippen molar-refractivity contribution >= 4 is 5.78 Å². The standard InChI is InChI=1S/C11H15N3O/c1-13(2)7-8-4-5-10-9(11(8)15)6-12-14(10)3/h6-7H,4-5H2,1-3H3/b8-7+. The van der Waals surface area contributed by atoms with Crippen molar-refractivity contribution in [3.05, 3.63) is 29.2 Å². The third-order valence-electron chi connectivity index (χ3n) is 2.64. The van der Waals surface area contributed by atoms with E-state index in [1.54, 1.807) is 10.9 Å². The number of hydrogen-bond donors (Lipinski definition) is 0. The molecule has 0 amide bonds. The van der Waals surface area contributed by atoms with Crippen LogP contribution in [-0.2, 0) is 13.5 Å². The first-order valence-electron chi connectivity index (χ1n) is 5.02. The number of fused-ring (bicyclic) bond motifs is 1. The van der Waals surface area contributed by atoms with Gasteiger partial charge in [-0.25, -0.2) is 0 Å². The van der Waals surface area contributed by atoms with Gasteiger partial charge in [0.05, 0.1) is 11.8 Å². The Bertz CT molecular complexity index is 429. The number of aryl methyl sites for hydroxylation is 1. The summed E-state index contributed by atoms with van der Waals surface area (Å²) in [5, 5.41) is 4.12. The van der Waals surface area contributed by atoms with Gasteiger partial charge in [0.25, 0.3) is 0 Å². The SMILES string of the molecule is CN(C)/C=C1\CCc2c(cnn2C)C1=O. The van der Waals surface area contributed by atoms with Gasteiger partial charge in [0.2, 0.25) is 0 Å². The number of Topliss-reactive ketones (excluding diaryl/α,β-unsaturated/α-hetero) is 1. The van der Waals surface area contributed by atoms with Crippen molar-refractivity contribution < 1.29 is 4.79 Å². The van der Waals surface area contributed by atoms with Crippen molar-refractivity contribution in [3.8, 4) is 0 Å². The fourth-order valence-corrected chi connectivity index (χ4v) is 1.92. The Labute approximate surface area is 89.2 Å². The average molecular weight is 205 g/mol. The summed E-state index contributed by atoms with van der Waals surface area (Å²) in [6, 6.07) is 0. The van der Waals surface area contributed by atoms with E-state index in [1.807, 2.05) is 32.2 Å². The Morgan fingerprint density at radius 1 is 1.47 bits per heavy atom. The Morgan fingerprint density at radius 2 is 2.20 bits per heavy atom. The summed E-state index contributed by atoms with van der Waals surface area (Å²) in [6.45, 7) is 0. The lowest BCUT2D eigenvalue weighted by Crippen LogP contribution is -2.17. The van der Waals surface area contributed by atoms with Crippen molar-refractivity contribution in [2.24, 2.45) is 7.05 Å². The molecule has 0 fully saturated rings. The van der Waals surface area contributed by atoms with Crippen molar-refractivity contribution in [1.82, 2.24) is 14.7 Å². The zero-order chi connectivity index (χ0) is 11.0. The van der Waals surface area contributed by atoms with Gasteiger partial charge in [0.15, 0.2) is 5.78 Å². The molecule has 80 valence electrons. The molecule has 1 heterocycles. The molecule has 0 aromatic carbocycles. The number of carbonyl (C=O) groups is 1. The molecule has 0 spiro atoms. The maximum absolute atomic E-state index is 12.0. The molecule has 0 radical (unpaired) electrons. The second-order valence-corrected chi connectivity index (χ2v) is 4.08. The van der Waals surface area contributed by atoms with Gasteiger partial charge in [0.1, 0.15) is 0 Å². The summed E-state index contributed by atoms with van der Waals surface area (Å²) in [4.78, 5) is 13.9. The smallest absolute Gasteiger partial charge is 0.193 e. The average Bonchev–Trinajstić information content (AvgIpc) is 2.53. The first-order valence-corrected chi connectivity index (χ1v) is 5.02. The van der Waals surface area contributed by atoms with Gasteiger partial charge in [0, 0.05) is 38.6 Å². The van der Waals surface area contributed by atoms with Crippen LogP contribution in [0.15, 0.2) is 18.0 Å². The summed E-state index contributed by atoms with van der Waals surface area (Å²) < 4.78 is 1.79. The molecule has 0 N–H and O–H groups in total. The minimum atomic E-state index is 0.123. The predicted octanol–water partition coefficient (Wildman–Crippen LogP) is 0.995. The number of rotatable bonds is 1. The third-order valence-corrected chi connectivity index (χ3v) is 2.64. The Morgan fingerprint density at radius 3 is 2.87 bits per heavy atom. The van der Waals surface area contributed by atoms with Gasteiger partial charge in [-0.15, -0.1) is 0 Å². The number of allylic oxidation sites excluding steroid dienone is 1. The zero-order valence-corrected chi connectivity index (χ0v) is 9.32. The summed E-state index contributed by atoms with van der Waals surface area (Å²) >= 11 is 0. The van der Waals surface area contributed by atoms with Crippen LogP contribution in [0, 0.1) is 0 Å². The fraction of sp³-hybridized carbons (Fsp3) is 0.455. The maximum Gasteiger partial charge on any atom is 0.193 e. The molecule has 1 aliphatic carbocycles. The molecule has 0 saturated carbocycles. The molecule has 1 aliphatic rings. The van der Waals surface area contributed by atoms with E-state index in [4.69, 9.17) is 0 Å². The van der Waals surface area contributed by atoms with Gasteiger partial charge >= 0.3 is 0 Å². The van der Waals surface area contributed by atoms with E-state index < -0.39 is 0 Å². The van der Waals surface area contributed by atoms with Crippen molar-refractivity contribution in [2.75, 3.05) is 14.1 Å². The lowest BCUT2D eigenvalue weighted by molar-refractivity contribution is 0.102. The highest BCUT2D eigenvalue weighted by Gasteiger charge is 2.24. The summed E-state index contributed by atoms with van der Waals surface area (Å²) in [5.74, 6) is 0.123. The maximum atomic E-state index is 12.0. The van der Waals surface area contributed by atoms with Gasteiger partial charge in [-0.3, -0.25) is 9.48 Å². The largest absolute Gasteiger partial charge is 0.383 e. The molecule has 0 bridgehead atoms. The molecule has 0 saturated heterocycles. The predicted molar refractivity (Wildman–Crippen MR) is 57.6 cm³/mol. The topological polar surface area (TPSA) is 38.1 Å². The van der Waals surface area contributed by atoms with Gasteiger partial charge in [-0.1, -0.05) is 0 Å². The van der Waals surface area contributed by atoms with Gasteiger partial charge in [-0.05, 0) is 12.8 Å². The summed E-state index contributed by atoms with van der Waals surface area (Å²) in [6.07, 6.45) is 5.28.